The number of amides is 1. The second kappa shape index (κ2) is 8.95. The van der Waals surface area contributed by atoms with E-state index in [4.69, 9.17) is 0 Å². The third kappa shape index (κ3) is 4.55. The van der Waals surface area contributed by atoms with E-state index in [1.54, 1.807) is 34.4 Å². The molecule has 2 unspecified atom stereocenters. The van der Waals surface area contributed by atoms with Crippen LogP contribution in [0.1, 0.15) is 44.9 Å². The average Bonchev–Trinajstić information content (AvgIpc) is 3.31. The van der Waals surface area contributed by atoms with Crippen LogP contribution in [0.25, 0.3) is 0 Å². The highest BCUT2D eigenvalue weighted by Crippen LogP contribution is 2.34. The van der Waals surface area contributed by atoms with Gasteiger partial charge in [-0.3, -0.25) is 9.69 Å². The number of sulfonamides is 1. The van der Waals surface area contributed by atoms with E-state index in [0.29, 0.717) is 13.0 Å². The van der Waals surface area contributed by atoms with E-state index in [1.165, 1.54) is 6.92 Å². The van der Waals surface area contributed by atoms with Crippen LogP contribution in [0.5, 0.6) is 0 Å². The van der Waals surface area contributed by atoms with Crippen LogP contribution in [0.3, 0.4) is 0 Å². The monoisotopic (exact) mass is 435 g/mol. The SMILES string of the molecule is CCN(CC)C(CNS(=O)(=O)c1ccc2c(c1)CC(C)N2C(C)=O)c1ccsc1. The number of anilines is 1. The Hall–Kier alpha value is -1.74. The lowest BCUT2D eigenvalue weighted by Crippen LogP contribution is -2.37. The van der Waals surface area contributed by atoms with Crippen molar-refractivity contribution in [1.29, 1.82) is 0 Å². The fraction of sp³-hybridized carbons (Fsp3) is 0.476. The number of benzene rings is 1. The summed E-state index contributed by atoms with van der Waals surface area (Å²) in [4.78, 5) is 16.1. The zero-order chi connectivity index (χ0) is 21.2. The van der Waals surface area contributed by atoms with Crippen molar-refractivity contribution < 1.29 is 13.2 Å². The molecule has 0 saturated heterocycles. The number of hydrogen-bond donors (Lipinski definition) is 1. The Labute approximate surface area is 177 Å². The van der Waals surface area contributed by atoms with Crippen molar-refractivity contribution in [2.45, 2.75) is 51.1 Å². The molecule has 0 saturated carbocycles. The first-order valence-corrected chi connectivity index (χ1v) is 12.4. The maximum atomic E-state index is 13.0. The maximum absolute atomic E-state index is 13.0. The molecule has 8 heteroatoms. The number of hydrogen-bond acceptors (Lipinski definition) is 5. The molecule has 1 aliphatic heterocycles. The summed E-state index contributed by atoms with van der Waals surface area (Å²) in [5, 5.41) is 4.09. The van der Waals surface area contributed by atoms with E-state index in [0.717, 1.165) is 29.9 Å². The van der Waals surface area contributed by atoms with E-state index < -0.39 is 10.0 Å². The number of nitrogens with one attached hydrogen (secondary N) is 1. The third-order valence-corrected chi connectivity index (χ3v) is 7.69. The fourth-order valence-corrected chi connectivity index (χ4v) is 5.91. The number of nitrogens with zero attached hydrogens (tertiary/aromatic N) is 2. The topological polar surface area (TPSA) is 69.7 Å². The van der Waals surface area contributed by atoms with Gasteiger partial charge in [-0.15, -0.1) is 0 Å². The van der Waals surface area contributed by atoms with Gasteiger partial charge in [-0.05, 0) is 72.6 Å². The Morgan fingerprint density at radius 3 is 2.62 bits per heavy atom. The summed E-state index contributed by atoms with van der Waals surface area (Å²) in [5.41, 5.74) is 2.83. The van der Waals surface area contributed by atoms with E-state index in [1.807, 2.05) is 12.3 Å². The van der Waals surface area contributed by atoms with Crippen molar-refractivity contribution in [2.75, 3.05) is 24.5 Å². The van der Waals surface area contributed by atoms with E-state index in [9.17, 15) is 13.2 Å². The molecule has 6 nitrogen and oxygen atoms in total. The normalized spacial score (nSPS) is 17.6. The fourth-order valence-electron chi connectivity index (χ4n) is 4.11. The predicted octanol–water partition coefficient (Wildman–Crippen LogP) is 3.41. The van der Waals surface area contributed by atoms with Gasteiger partial charge in [-0.1, -0.05) is 13.8 Å². The number of thiophene rings is 1. The number of rotatable bonds is 8. The highest BCUT2D eigenvalue weighted by atomic mass is 32.2. The van der Waals surface area contributed by atoms with Crippen molar-refractivity contribution in [3.63, 3.8) is 0 Å². The third-order valence-electron chi connectivity index (χ3n) is 5.56. The van der Waals surface area contributed by atoms with Gasteiger partial charge in [0.15, 0.2) is 0 Å². The summed E-state index contributed by atoms with van der Waals surface area (Å²) >= 11 is 1.62. The lowest BCUT2D eigenvalue weighted by molar-refractivity contribution is -0.116. The van der Waals surface area contributed by atoms with E-state index >= 15 is 0 Å². The summed E-state index contributed by atoms with van der Waals surface area (Å²) in [5.74, 6) is -0.0252. The van der Waals surface area contributed by atoms with Crippen molar-refractivity contribution in [3.05, 3.63) is 46.2 Å². The largest absolute Gasteiger partial charge is 0.309 e. The standard InChI is InChI=1S/C21H29N3O3S2/c1-5-23(6-2)21(17-9-10-28-14-17)13-22-29(26,27)19-7-8-20-18(12-19)11-15(3)24(20)16(4)25/h7-10,12,14-15,21-22H,5-6,11,13H2,1-4H3. The number of fused-ring (bicyclic) bond motifs is 1. The Morgan fingerprint density at radius 2 is 2.03 bits per heavy atom. The second-order valence-electron chi connectivity index (χ2n) is 7.38. The van der Waals surface area contributed by atoms with Crippen LogP contribution >= 0.6 is 11.3 Å². The first-order valence-electron chi connectivity index (χ1n) is 9.97. The Morgan fingerprint density at radius 1 is 1.31 bits per heavy atom. The minimum atomic E-state index is -3.65. The van der Waals surface area contributed by atoms with Crippen LogP contribution in [0, 0.1) is 0 Å². The molecule has 2 heterocycles. The van der Waals surface area contributed by atoms with Gasteiger partial charge in [-0.25, -0.2) is 13.1 Å². The van der Waals surface area contributed by atoms with Gasteiger partial charge in [0, 0.05) is 31.2 Å². The molecule has 0 radical (unpaired) electrons. The summed E-state index contributed by atoms with van der Waals surface area (Å²) in [7, 11) is -3.65. The van der Waals surface area contributed by atoms with Gasteiger partial charge in [0.05, 0.1) is 4.90 Å². The van der Waals surface area contributed by atoms with Gasteiger partial charge >= 0.3 is 0 Å². The molecule has 0 aliphatic carbocycles. The molecule has 1 amide bonds. The molecule has 0 bridgehead atoms. The number of carbonyl (C=O) groups is 1. The van der Waals surface area contributed by atoms with E-state index in [2.05, 4.69) is 34.9 Å². The summed E-state index contributed by atoms with van der Waals surface area (Å²) in [6, 6.07) is 7.12. The molecular formula is C21H29N3O3S2. The van der Waals surface area contributed by atoms with Gasteiger partial charge < -0.3 is 4.90 Å². The second-order valence-corrected chi connectivity index (χ2v) is 9.93. The van der Waals surface area contributed by atoms with Crippen LogP contribution in [-0.2, 0) is 21.2 Å². The quantitative estimate of drug-likeness (QED) is 0.690. The van der Waals surface area contributed by atoms with Crippen molar-refractivity contribution in [3.8, 4) is 0 Å². The lowest BCUT2D eigenvalue weighted by atomic mass is 10.1. The molecule has 158 valence electrons. The van der Waals surface area contributed by atoms with Crippen LogP contribution in [0.4, 0.5) is 5.69 Å². The van der Waals surface area contributed by atoms with Gasteiger partial charge in [0.25, 0.3) is 0 Å². The molecule has 1 aromatic carbocycles. The first-order chi connectivity index (χ1) is 13.8. The highest BCUT2D eigenvalue weighted by Gasteiger charge is 2.30. The summed E-state index contributed by atoms with van der Waals surface area (Å²) < 4.78 is 28.8. The zero-order valence-corrected chi connectivity index (χ0v) is 19.0. The first kappa shape index (κ1) is 22.0. The molecule has 0 fully saturated rings. The smallest absolute Gasteiger partial charge is 0.240 e. The maximum Gasteiger partial charge on any atom is 0.240 e. The Kier molecular flexibility index (Phi) is 6.78. The van der Waals surface area contributed by atoms with Gasteiger partial charge in [0.2, 0.25) is 15.9 Å². The molecule has 29 heavy (non-hydrogen) atoms. The highest BCUT2D eigenvalue weighted by molar-refractivity contribution is 7.89. The van der Waals surface area contributed by atoms with Gasteiger partial charge in [0.1, 0.15) is 0 Å². The van der Waals surface area contributed by atoms with E-state index in [-0.39, 0.29) is 22.9 Å². The molecular weight excluding hydrogens is 406 g/mol. The van der Waals surface area contributed by atoms with Crippen LogP contribution in [0.2, 0.25) is 0 Å². The minimum absolute atomic E-state index is 0.00585. The lowest BCUT2D eigenvalue weighted by Gasteiger charge is -2.29. The summed E-state index contributed by atoms with van der Waals surface area (Å²) in [6.45, 7) is 9.68. The van der Waals surface area contributed by atoms with Crippen LogP contribution in [0.15, 0.2) is 39.9 Å². The molecule has 2 atom stereocenters. The summed E-state index contributed by atoms with van der Waals surface area (Å²) in [6.07, 6.45) is 0.662. The molecule has 1 aliphatic rings. The predicted molar refractivity (Wildman–Crippen MR) is 118 cm³/mol. The molecule has 1 N–H and O–H groups in total. The average molecular weight is 436 g/mol. The molecule has 3 rings (SSSR count). The van der Waals surface area contributed by atoms with Crippen molar-refractivity contribution >= 4 is 33.0 Å². The van der Waals surface area contributed by atoms with Crippen molar-refractivity contribution in [1.82, 2.24) is 9.62 Å². The molecule has 0 spiro atoms. The van der Waals surface area contributed by atoms with Crippen LogP contribution < -0.4 is 9.62 Å². The zero-order valence-electron chi connectivity index (χ0n) is 17.4. The minimum Gasteiger partial charge on any atom is -0.309 e. The van der Waals surface area contributed by atoms with Gasteiger partial charge in [-0.2, -0.15) is 11.3 Å². The van der Waals surface area contributed by atoms with Crippen LogP contribution in [-0.4, -0.2) is 44.9 Å². The number of carbonyl (C=O) groups excluding carboxylic acids is 1. The number of likely N-dealkylation sites (N-methyl/N-ethyl adjacent to an activating group) is 1. The van der Waals surface area contributed by atoms with Crippen molar-refractivity contribution in [2.24, 2.45) is 0 Å². The molecule has 1 aromatic heterocycles. The molecule has 2 aromatic rings. The Bertz CT molecular complexity index is 954. The Balaban J connectivity index is 1.81.